The Labute approximate surface area is 155 Å². The Morgan fingerprint density at radius 1 is 0.682 bits per heavy atom. The van der Waals surface area contributed by atoms with Crippen LogP contribution >= 0.6 is 12.2 Å². The number of nitrogens with zero attached hydrogens (tertiary/aromatic N) is 1. The summed E-state index contributed by atoms with van der Waals surface area (Å²) in [5, 5.41) is 0.000000000000000222. The number of rotatable bonds is 12. The van der Waals surface area contributed by atoms with Gasteiger partial charge in [0.15, 0.2) is 5.11 Å². The van der Waals surface area contributed by atoms with Crippen molar-refractivity contribution in [2.45, 2.75) is 79.1 Å². The van der Waals surface area contributed by atoms with Crippen LogP contribution in [-0.2, 0) is 0 Å². The van der Waals surface area contributed by atoms with Crippen LogP contribution in [0.2, 0.25) is 0 Å². The van der Waals surface area contributed by atoms with Gasteiger partial charge in [0.1, 0.15) is 0 Å². The lowest BCUT2D eigenvalue weighted by Crippen LogP contribution is -3.00. The second kappa shape index (κ2) is 19.2. The van der Waals surface area contributed by atoms with Crippen molar-refractivity contribution in [1.29, 1.82) is 0 Å². The second-order valence-electron chi connectivity index (χ2n) is 6.05. The molecule has 22 heavy (non-hydrogen) atoms. The maximum absolute atomic E-state index is 4.62. The largest absolute Gasteiger partial charge is 1.00 e. The van der Waals surface area contributed by atoms with Crippen molar-refractivity contribution < 1.29 is 21.5 Å². The molecule has 0 aromatic rings. The predicted molar refractivity (Wildman–Crippen MR) is 100 cm³/mol. The minimum atomic E-state index is 0. The van der Waals surface area contributed by atoms with E-state index in [9.17, 15) is 0 Å². The molecule has 0 aromatic heterocycles. The number of unbranched alkanes of at least 4 members (excludes halogenated alkanes) is 4. The number of halogens is 1. The Hall–Kier alpha value is 0.130. The van der Waals surface area contributed by atoms with E-state index in [-0.39, 0.29) is 22.1 Å². The third-order valence-electron chi connectivity index (χ3n) is 3.94. The van der Waals surface area contributed by atoms with Crippen LogP contribution in [0.1, 0.15) is 79.1 Å². The van der Waals surface area contributed by atoms with E-state index < -0.39 is 0 Å². The fourth-order valence-electron chi connectivity index (χ4n) is 2.64. The van der Waals surface area contributed by atoms with Gasteiger partial charge in [-0.15, -0.1) is 0 Å². The summed E-state index contributed by atoms with van der Waals surface area (Å²) in [6.45, 7) is 15.0. The molecule has 0 aliphatic heterocycles. The first-order valence-corrected chi connectivity index (χ1v) is 9.28. The summed E-state index contributed by atoms with van der Waals surface area (Å²) in [4.78, 5) is 0. The Morgan fingerprint density at radius 3 is 1.00 bits per heavy atom. The predicted octanol–water partition coefficient (Wildman–Crippen LogP) is 1.20. The summed E-state index contributed by atoms with van der Waals surface area (Å²) in [7, 11) is 0. The van der Waals surface area contributed by atoms with Crippen LogP contribution in [0.3, 0.4) is 0 Å². The SMILES string of the molecule is CCCC[N+](CCCC)(CCCC)CCCC.NC(N)=S.[Br-]. The lowest BCUT2D eigenvalue weighted by Gasteiger charge is -2.39. The van der Waals surface area contributed by atoms with Crippen molar-refractivity contribution in [3.8, 4) is 0 Å². The zero-order chi connectivity index (χ0) is 16.6. The number of thiocarbonyl (C=S) groups is 1. The molecule has 0 fully saturated rings. The molecular weight excluding hydrogens is 358 g/mol. The number of quaternary nitrogens is 1. The van der Waals surface area contributed by atoms with Crippen molar-refractivity contribution in [2.24, 2.45) is 11.5 Å². The fourth-order valence-corrected chi connectivity index (χ4v) is 2.64. The van der Waals surface area contributed by atoms with Crippen molar-refractivity contribution in [3.63, 3.8) is 0 Å². The molecule has 5 heteroatoms. The third-order valence-corrected chi connectivity index (χ3v) is 3.94. The van der Waals surface area contributed by atoms with Gasteiger partial charge in [-0.25, -0.2) is 0 Å². The lowest BCUT2D eigenvalue weighted by molar-refractivity contribution is -0.929. The topological polar surface area (TPSA) is 52.0 Å². The summed E-state index contributed by atoms with van der Waals surface area (Å²) in [6.07, 6.45) is 11.1. The molecule has 0 saturated carbocycles. The monoisotopic (exact) mass is 397 g/mol. The molecule has 0 aliphatic carbocycles. The Kier molecular flexibility index (Phi) is 23.5. The molecule has 0 atom stereocenters. The first-order chi connectivity index (χ1) is 9.97. The van der Waals surface area contributed by atoms with E-state index in [0.29, 0.717) is 0 Å². The van der Waals surface area contributed by atoms with Gasteiger partial charge in [-0.3, -0.25) is 0 Å². The summed E-state index contributed by atoms with van der Waals surface area (Å²) < 4.78 is 1.42. The smallest absolute Gasteiger partial charge is 0.160 e. The van der Waals surface area contributed by atoms with E-state index in [1.54, 1.807) is 0 Å². The van der Waals surface area contributed by atoms with Crippen LogP contribution in [0.15, 0.2) is 0 Å². The zero-order valence-corrected chi connectivity index (χ0v) is 17.8. The van der Waals surface area contributed by atoms with Crippen LogP contribution in [0.4, 0.5) is 0 Å². The Balaban J connectivity index is -0.000000640. The molecule has 0 heterocycles. The molecule has 0 amide bonds. The van der Waals surface area contributed by atoms with Gasteiger partial charge >= 0.3 is 0 Å². The van der Waals surface area contributed by atoms with Crippen LogP contribution in [-0.4, -0.2) is 35.8 Å². The maximum atomic E-state index is 4.62. The molecular formula is C17H40BrN3S. The first-order valence-electron chi connectivity index (χ1n) is 8.87. The Bertz CT molecular complexity index is 196. The minimum absolute atomic E-state index is 0. The highest BCUT2D eigenvalue weighted by molar-refractivity contribution is 7.80. The van der Waals surface area contributed by atoms with Gasteiger partial charge in [-0.05, 0) is 37.9 Å². The van der Waals surface area contributed by atoms with E-state index >= 15 is 0 Å². The van der Waals surface area contributed by atoms with Gasteiger partial charge < -0.3 is 32.9 Å². The lowest BCUT2D eigenvalue weighted by atomic mass is 10.1. The summed E-state index contributed by atoms with van der Waals surface area (Å²) in [6, 6.07) is 0. The molecule has 0 bridgehead atoms. The van der Waals surface area contributed by atoms with E-state index in [4.69, 9.17) is 0 Å². The van der Waals surface area contributed by atoms with Crippen LogP contribution in [0.5, 0.6) is 0 Å². The normalized spacial score (nSPS) is 10.4. The molecule has 136 valence electrons. The van der Waals surface area contributed by atoms with Gasteiger partial charge in [0.05, 0.1) is 26.2 Å². The van der Waals surface area contributed by atoms with Crippen molar-refractivity contribution >= 4 is 17.3 Å². The molecule has 0 aromatic carbocycles. The molecule has 3 nitrogen and oxygen atoms in total. The molecule has 0 spiro atoms. The van der Waals surface area contributed by atoms with E-state index in [1.807, 2.05) is 0 Å². The maximum Gasteiger partial charge on any atom is 0.160 e. The number of nitrogens with two attached hydrogens (primary N) is 2. The summed E-state index contributed by atoms with van der Waals surface area (Å²) in [5.41, 5.74) is 9.24. The molecule has 0 unspecified atom stereocenters. The van der Waals surface area contributed by atoms with Crippen molar-refractivity contribution in [2.75, 3.05) is 26.2 Å². The quantitative estimate of drug-likeness (QED) is 0.384. The fraction of sp³-hybridized carbons (Fsp3) is 0.941. The van der Waals surface area contributed by atoms with Crippen molar-refractivity contribution in [1.82, 2.24) is 0 Å². The van der Waals surface area contributed by atoms with Gasteiger partial charge in [-0.2, -0.15) is 0 Å². The highest BCUT2D eigenvalue weighted by atomic mass is 79.9. The standard InChI is InChI=1S/C16H36N.CH4N2S.BrH/c1-5-9-13-17(14-10-6-2,15-11-7-3)16-12-8-4;2-1(3)4;/h5-16H2,1-4H3;(H4,2,3,4);1H/q+1;;/p-1. The second-order valence-corrected chi connectivity index (χ2v) is 6.52. The van der Waals surface area contributed by atoms with E-state index in [0.717, 1.165) is 0 Å². The van der Waals surface area contributed by atoms with Gasteiger partial charge in [0.25, 0.3) is 0 Å². The van der Waals surface area contributed by atoms with Crippen LogP contribution < -0.4 is 28.4 Å². The summed E-state index contributed by atoms with van der Waals surface area (Å²) in [5.74, 6) is 0. The van der Waals surface area contributed by atoms with Crippen LogP contribution in [0, 0.1) is 0 Å². The van der Waals surface area contributed by atoms with Gasteiger partial charge in [0, 0.05) is 0 Å². The van der Waals surface area contributed by atoms with Gasteiger partial charge in [0.2, 0.25) is 0 Å². The highest BCUT2D eigenvalue weighted by Crippen LogP contribution is 2.16. The molecule has 0 rings (SSSR count). The van der Waals surface area contributed by atoms with E-state index in [1.165, 1.54) is 82.0 Å². The molecule has 4 N–H and O–H groups in total. The highest BCUT2D eigenvalue weighted by Gasteiger charge is 2.24. The van der Waals surface area contributed by atoms with Crippen LogP contribution in [0.25, 0.3) is 0 Å². The Morgan fingerprint density at radius 2 is 0.864 bits per heavy atom. The zero-order valence-electron chi connectivity index (χ0n) is 15.4. The molecule has 0 radical (unpaired) electrons. The van der Waals surface area contributed by atoms with E-state index in [2.05, 4.69) is 51.4 Å². The van der Waals surface area contributed by atoms with Crippen molar-refractivity contribution in [3.05, 3.63) is 0 Å². The first kappa shape index (κ1) is 27.0. The third kappa shape index (κ3) is 18.2. The van der Waals surface area contributed by atoms with Gasteiger partial charge in [-0.1, -0.05) is 53.4 Å². The number of hydrogen-bond donors (Lipinski definition) is 2. The molecule has 0 aliphatic rings. The number of hydrogen-bond acceptors (Lipinski definition) is 1. The summed E-state index contributed by atoms with van der Waals surface area (Å²) >= 11 is 4.09. The minimum Gasteiger partial charge on any atom is -1.00 e. The average molecular weight is 398 g/mol. The molecule has 0 saturated heterocycles. The average Bonchev–Trinajstić information content (AvgIpc) is 2.45.